The van der Waals surface area contributed by atoms with Gasteiger partial charge in [0.05, 0.1) is 73.9 Å². The monoisotopic (exact) mass is 1220 g/mol. The van der Waals surface area contributed by atoms with Gasteiger partial charge in [0.15, 0.2) is 0 Å². The number of ether oxygens (including phenoxy) is 1. The molecule has 0 radical (unpaired) electrons. The second kappa shape index (κ2) is 38.0. The molecule has 4 N–H and O–H groups in total. The first-order chi connectivity index (χ1) is 39.5. The number of carbonyl (C=O) groups excluding carboxylic acids is 5. The molecule has 0 aliphatic heterocycles. The highest BCUT2D eigenvalue weighted by molar-refractivity contribution is 6.62. The van der Waals surface area contributed by atoms with Crippen LogP contribution in [-0.2, 0) is 24.0 Å². The van der Waals surface area contributed by atoms with E-state index in [2.05, 4.69) is 54.6 Å². The van der Waals surface area contributed by atoms with E-state index in [1.165, 1.54) is 6.20 Å². The molecule has 5 heterocycles. The average Bonchev–Trinajstić information content (AvgIpc) is 3.48. The molecule has 0 saturated carbocycles. The van der Waals surface area contributed by atoms with Gasteiger partial charge in [0.2, 0.25) is 0 Å². The molecule has 5 aromatic heterocycles. The smallest absolute Gasteiger partial charge is 0.429 e. The van der Waals surface area contributed by atoms with E-state index in [9.17, 15) is 4.79 Å². The van der Waals surface area contributed by atoms with Crippen LogP contribution >= 0.6 is 69.6 Å². The Hall–Kier alpha value is -8.75. The Bertz CT molecular complexity index is 3370. The molecule has 0 saturated heterocycles. The minimum absolute atomic E-state index is 0.250. The van der Waals surface area contributed by atoms with Gasteiger partial charge in [-0.05, 0) is 86.0 Å². The molecule has 0 atom stereocenters. The first kappa shape index (κ1) is 67.5. The average molecular weight is 1220 g/mol. The van der Waals surface area contributed by atoms with Crippen LogP contribution in [0.4, 0.5) is 5.69 Å². The topological polar surface area (TPSA) is 290 Å². The molecule has 0 unspecified atom stereocenters. The van der Waals surface area contributed by atoms with Crippen LogP contribution in [0.25, 0.3) is 45.0 Å². The van der Waals surface area contributed by atoms with Crippen LogP contribution in [0, 0.1) is 20.8 Å². The predicted molar refractivity (Wildman–Crippen MR) is 314 cm³/mol. The summed E-state index contributed by atoms with van der Waals surface area (Å²) >= 11 is 35.3. The zero-order valence-corrected chi connectivity index (χ0v) is 47.7. The lowest BCUT2D eigenvalue weighted by Crippen LogP contribution is -2.30. The molecule has 10 aromatic rings. The van der Waals surface area contributed by atoms with Crippen LogP contribution in [0.15, 0.2) is 184 Å². The SMILES string of the molecule is Cc1ccc(-c2cnccn2)c(Cl)c1.Cc1ccc(-c2cnccn2)c(Cl)c1.Cc1ccc(B(O)O)c(Cl)c1.Clc1cnccn1.Nc1ccc(-c2cnccn2)c(Cl)c1.O=C=O.O=C=O.O=COc1ccc(-c2cnccn2)c(Cl)c1. The number of halogens is 6. The van der Waals surface area contributed by atoms with E-state index in [-0.39, 0.29) is 12.3 Å². The maximum atomic E-state index is 10.2. The summed E-state index contributed by atoms with van der Waals surface area (Å²) in [6.07, 6.45) is 24.8. The first-order valence-electron chi connectivity index (χ1n) is 23.0. The lowest BCUT2D eigenvalue weighted by atomic mass is 9.80. The summed E-state index contributed by atoms with van der Waals surface area (Å²) in [6, 6.07) is 27.1. The number of hydrogen-bond donors (Lipinski definition) is 3. The summed E-state index contributed by atoms with van der Waals surface area (Å²) in [5.74, 6) is 0.396. The zero-order chi connectivity index (χ0) is 60.2. The van der Waals surface area contributed by atoms with Gasteiger partial charge < -0.3 is 20.5 Å². The number of rotatable bonds is 7. The summed E-state index contributed by atoms with van der Waals surface area (Å²) in [5.41, 5.74) is 16.3. The molecule has 0 bridgehead atoms. The van der Waals surface area contributed by atoms with Crippen molar-refractivity contribution in [3.05, 3.63) is 231 Å². The van der Waals surface area contributed by atoms with Gasteiger partial charge in [-0.25, -0.2) is 4.98 Å². The molecule has 26 heteroatoms. The third-order valence-electron chi connectivity index (χ3n) is 9.69. The molecular formula is C56H44BCl6N11O8. The van der Waals surface area contributed by atoms with E-state index in [0.717, 1.165) is 56.0 Å². The van der Waals surface area contributed by atoms with Crippen molar-refractivity contribution < 1.29 is 38.8 Å². The Kier molecular flexibility index (Phi) is 31.3. The molecule has 416 valence electrons. The summed E-state index contributed by atoms with van der Waals surface area (Å²) in [4.78, 5) is 82.6. The standard InChI is InChI=1S/C11H7ClN2O2.2C11H9ClN2.C10H8ClN3.C7H8BClO2.C4H3ClN2.2CO2/c12-10-5-8(16-7-15)1-2-9(10)11-6-13-3-4-14-11;2*1-8-2-3-9(10(12)6-8)11-7-13-4-5-14-11;11-9-5-7(12)1-2-8(9)10-6-13-3-4-14-10;1-5-2-3-6(8(10)11)7(9)4-5;5-4-3-6-1-2-7-4;2*2-1-3/h1-7H;2*2-7H,1H3;1-6H,12H2;2-4,10-11H,1H3;1-3H;;. The van der Waals surface area contributed by atoms with Crippen molar-refractivity contribution in [3.8, 4) is 50.8 Å². The molecular weight excluding hydrogens is 1180 g/mol. The summed E-state index contributed by atoms with van der Waals surface area (Å²) < 4.78 is 4.68. The quantitative estimate of drug-likeness (QED) is 0.0759. The molecule has 19 nitrogen and oxygen atoms in total. The van der Waals surface area contributed by atoms with E-state index >= 15 is 0 Å². The highest BCUT2D eigenvalue weighted by Gasteiger charge is 2.14. The lowest BCUT2D eigenvalue weighted by Gasteiger charge is -2.04. The Balaban J connectivity index is 0.000000256. The number of aromatic nitrogens is 10. The number of benzene rings is 5. The molecule has 5 aromatic carbocycles. The normalized spacial score (nSPS) is 9.35. The van der Waals surface area contributed by atoms with Crippen molar-refractivity contribution in [2.24, 2.45) is 0 Å². The Labute approximate surface area is 500 Å². The third kappa shape index (κ3) is 24.7. The maximum absolute atomic E-state index is 10.2. The lowest BCUT2D eigenvalue weighted by molar-refractivity contribution is -0.193. The summed E-state index contributed by atoms with van der Waals surface area (Å²) in [5, 5.41) is 20.8. The first-order valence-corrected chi connectivity index (χ1v) is 25.3. The molecule has 0 spiro atoms. The van der Waals surface area contributed by atoms with Crippen LogP contribution in [0.1, 0.15) is 16.7 Å². The minimum Gasteiger partial charge on any atom is -0.429 e. The highest BCUT2D eigenvalue weighted by Crippen LogP contribution is 2.31. The van der Waals surface area contributed by atoms with Gasteiger partial charge in [-0.15, -0.1) is 0 Å². The van der Waals surface area contributed by atoms with Gasteiger partial charge in [-0.1, -0.05) is 106 Å². The van der Waals surface area contributed by atoms with E-state index < -0.39 is 7.12 Å². The van der Waals surface area contributed by atoms with E-state index in [1.807, 2.05) is 63.2 Å². The zero-order valence-electron chi connectivity index (χ0n) is 43.1. The van der Waals surface area contributed by atoms with Crippen LogP contribution in [0.2, 0.25) is 30.3 Å². The Morgan fingerprint density at radius 3 is 1.05 bits per heavy atom. The van der Waals surface area contributed by atoms with Crippen LogP contribution in [-0.4, -0.2) is 85.8 Å². The molecule has 82 heavy (non-hydrogen) atoms. The summed E-state index contributed by atoms with van der Waals surface area (Å²) in [7, 11) is -1.48. The highest BCUT2D eigenvalue weighted by atomic mass is 35.5. The fraction of sp³-hybridized carbons (Fsp3) is 0.0536. The molecule has 0 aliphatic rings. The van der Waals surface area contributed by atoms with E-state index in [1.54, 1.807) is 135 Å². The van der Waals surface area contributed by atoms with Crippen LogP contribution in [0.5, 0.6) is 5.75 Å². The number of aryl methyl sites for hydroxylation is 3. The maximum Gasteiger partial charge on any atom is 0.489 e. The van der Waals surface area contributed by atoms with Crippen molar-refractivity contribution in [2.45, 2.75) is 20.8 Å². The molecule has 0 amide bonds. The van der Waals surface area contributed by atoms with Gasteiger partial charge >= 0.3 is 19.4 Å². The molecule has 10 rings (SSSR count). The largest absolute Gasteiger partial charge is 0.489 e. The molecule has 0 fully saturated rings. The van der Waals surface area contributed by atoms with Crippen LogP contribution in [0.3, 0.4) is 0 Å². The second-order valence-corrected chi connectivity index (χ2v) is 17.9. The van der Waals surface area contributed by atoms with Crippen molar-refractivity contribution in [2.75, 3.05) is 5.73 Å². The van der Waals surface area contributed by atoms with E-state index in [4.69, 9.17) is 105 Å². The number of anilines is 1. The number of nitrogens with zero attached hydrogens (tertiary/aromatic N) is 10. The fourth-order valence-corrected chi connectivity index (χ4v) is 7.76. The number of nitrogen functional groups attached to an aromatic ring is 1. The van der Waals surface area contributed by atoms with Crippen molar-refractivity contribution >= 4 is 107 Å². The van der Waals surface area contributed by atoms with Gasteiger partial charge in [0, 0.05) is 106 Å². The number of nitrogens with two attached hydrogens (primary N) is 1. The predicted octanol–water partition coefficient (Wildman–Crippen LogP) is 11.2. The minimum atomic E-state index is -1.48. The van der Waals surface area contributed by atoms with Crippen LogP contribution < -0.4 is 15.9 Å². The summed E-state index contributed by atoms with van der Waals surface area (Å²) in [6.45, 7) is 6.26. The fourth-order valence-electron chi connectivity index (χ4n) is 6.10. The van der Waals surface area contributed by atoms with Crippen molar-refractivity contribution in [3.63, 3.8) is 0 Å². The van der Waals surface area contributed by atoms with Gasteiger partial charge in [0.1, 0.15) is 10.9 Å². The van der Waals surface area contributed by atoms with Gasteiger partial charge in [-0.2, -0.15) is 19.2 Å². The van der Waals surface area contributed by atoms with E-state index in [0.29, 0.717) is 59.3 Å². The number of hydrogen-bond acceptors (Lipinski definition) is 19. The second-order valence-electron chi connectivity index (χ2n) is 15.5. The van der Waals surface area contributed by atoms with Crippen molar-refractivity contribution in [1.29, 1.82) is 0 Å². The Morgan fingerprint density at radius 2 is 0.768 bits per heavy atom. The van der Waals surface area contributed by atoms with Gasteiger partial charge in [-0.3, -0.25) is 49.7 Å². The number of carbonyl (C=O) groups is 1. The van der Waals surface area contributed by atoms with Crippen molar-refractivity contribution in [1.82, 2.24) is 49.8 Å². The third-order valence-corrected chi connectivity index (χ3v) is 11.5. The Morgan fingerprint density at radius 1 is 0.439 bits per heavy atom. The molecule has 0 aliphatic carbocycles. The van der Waals surface area contributed by atoms with Gasteiger partial charge in [0.25, 0.3) is 6.47 Å².